The lowest BCUT2D eigenvalue weighted by atomic mass is 10.1. The van der Waals surface area contributed by atoms with Crippen molar-refractivity contribution in [1.29, 1.82) is 0 Å². The van der Waals surface area contributed by atoms with Crippen LogP contribution in [0, 0.1) is 0 Å². The molecule has 0 amide bonds. The number of aliphatic imine (C=N–C) groups is 2. The van der Waals surface area contributed by atoms with E-state index in [1.165, 1.54) is 57.8 Å². The standard InChI is InChI=1S/C35H56N4O2/c1-5-38(6-2)32-22-20-30(34(40)26-32)28-36-24-18-16-14-12-10-9-11-13-15-17-19-25-37-29-31-21-23-33(27-35(31)41)39(7-3)8-4/h20-23,26-29,40-41H,5-19,24-25H2,1-4H3/b36-28-,37-29+. The first kappa shape index (κ1) is 34.2. The number of phenolic OH excluding ortho intramolecular Hbond substituents is 2. The molecule has 0 unspecified atom stereocenters. The molecule has 0 spiro atoms. The molecule has 2 aromatic carbocycles. The summed E-state index contributed by atoms with van der Waals surface area (Å²) in [7, 11) is 0. The fraction of sp³-hybridized carbons (Fsp3) is 0.600. The summed E-state index contributed by atoms with van der Waals surface area (Å²) in [5.74, 6) is 0.612. The summed E-state index contributed by atoms with van der Waals surface area (Å²) in [4.78, 5) is 13.5. The van der Waals surface area contributed by atoms with Crippen molar-refractivity contribution in [3.8, 4) is 11.5 Å². The molecule has 0 heterocycles. The zero-order valence-electron chi connectivity index (χ0n) is 26.3. The van der Waals surface area contributed by atoms with Crippen LogP contribution in [0.3, 0.4) is 0 Å². The fourth-order valence-corrected chi connectivity index (χ4v) is 5.18. The summed E-state index contributed by atoms with van der Waals surface area (Å²) in [5, 5.41) is 20.6. The van der Waals surface area contributed by atoms with E-state index in [9.17, 15) is 10.2 Å². The molecule has 2 N–H and O–H groups in total. The van der Waals surface area contributed by atoms with Gasteiger partial charge in [-0.25, -0.2) is 0 Å². The van der Waals surface area contributed by atoms with Gasteiger partial charge in [0, 0.05) is 86.3 Å². The Morgan fingerprint density at radius 3 is 1.12 bits per heavy atom. The molecule has 41 heavy (non-hydrogen) atoms. The zero-order chi connectivity index (χ0) is 29.7. The van der Waals surface area contributed by atoms with Crippen molar-refractivity contribution in [2.45, 2.75) is 98.3 Å². The number of phenols is 2. The van der Waals surface area contributed by atoms with Gasteiger partial charge >= 0.3 is 0 Å². The molecule has 228 valence electrons. The van der Waals surface area contributed by atoms with Gasteiger partial charge in [0.15, 0.2) is 0 Å². The summed E-state index contributed by atoms with van der Waals surface area (Å²) < 4.78 is 0. The van der Waals surface area contributed by atoms with Crippen LogP contribution in [0.1, 0.15) is 109 Å². The van der Waals surface area contributed by atoms with Crippen LogP contribution in [0.25, 0.3) is 0 Å². The highest BCUT2D eigenvalue weighted by Gasteiger charge is 2.06. The molecule has 6 nitrogen and oxygen atoms in total. The van der Waals surface area contributed by atoms with Crippen LogP contribution in [0.2, 0.25) is 0 Å². The molecular weight excluding hydrogens is 508 g/mol. The van der Waals surface area contributed by atoms with Gasteiger partial charge < -0.3 is 20.0 Å². The summed E-state index contributed by atoms with van der Waals surface area (Å²) in [5.41, 5.74) is 3.71. The Morgan fingerprint density at radius 1 is 0.512 bits per heavy atom. The molecule has 0 aliphatic carbocycles. The molecule has 0 aliphatic heterocycles. The summed E-state index contributed by atoms with van der Waals surface area (Å²) in [6, 6.07) is 11.7. The van der Waals surface area contributed by atoms with Crippen molar-refractivity contribution in [3.63, 3.8) is 0 Å². The van der Waals surface area contributed by atoms with Crippen LogP contribution >= 0.6 is 0 Å². The van der Waals surface area contributed by atoms with Gasteiger partial charge in [-0.2, -0.15) is 0 Å². The van der Waals surface area contributed by atoms with Crippen LogP contribution < -0.4 is 9.80 Å². The maximum Gasteiger partial charge on any atom is 0.126 e. The van der Waals surface area contributed by atoms with E-state index in [1.807, 2.05) is 36.7 Å². The van der Waals surface area contributed by atoms with Crippen LogP contribution in [-0.4, -0.2) is 61.9 Å². The first-order valence-electron chi connectivity index (χ1n) is 16.2. The number of benzene rings is 2. The van der Waals surface area contributed by atoms with Gasteiger partial charge in [0.05, 0.1) is 0 Å². The van der Waals surface area contributed by atoms with Crippen molar-refractivity contribution >= 4 is 23.8 Å². The van der Waals surface area contributed by atoms with E-state index in [-0.39, 0.29) is 0 Å². The third kappa shape index (κ3) is 13.0. The van der Waals surface area contributed by atoms with Gasteiger partial charge in [-0.15, -0.1) is 0 Å². The minimum absolute atomic E-state index is 0.306. The Hall–Kier alpha value is -3.02. The minimum Gasteiger partial charge on any atom is -0.507 e. The minimum atomic E-state index is 0.306. The largest absolute Gasteiger partial charge is 0.507 e. The van der Waals surface area contributed by atoms with E-state index in [0.717, 1.165) is 74.6 Å². The maximum absolute atomic E-state index is 10.3. The zero-order valence-corrected chi connectivity index (χ0v) is 26.3. The lowest BCUT2D eigenvalue weighted by Crippen LogP contribution is -2.21. The number of rotatable bonds is 22. The molecule has 0 radical (unpaired) electrons. The van der Waals surface area contributed by atoms with E-state index in [1.54, 1.807) is 0 Å². The van der Waals surface area contributed by atoms with Crippen molar-refractivity contribution < 1.29 is 10.2 Å². The Kier molecular flexibility index (Phi) is 17.3. The lowest BCUT2D eigenvalue weighted by molar-refractivity contribution is 0.474. The number of anilines is 2. The first-order chi connectivity index (χ1) is 20.0. The Morgan fingerprint density at radius 2 is 0.829 bits per heavy atom. The Labute approximate surface area is 250 Å². The third-order valence-corrected chi connectivity index (χ3v) is 7.82. The second-order valence-electron chi connectivity index (χ2n) is 10.8. The van der Waals surface area contributed by atoms with Crippen molar-refractivity contribution in [3.05, 3.63) is 47.5 Å². The fourth-order valence-electron chi connectivity index (χ4n) is 5.18. The molecule has 0 fully saturated rings. The van der Waals surface area contributed by atoms with Crippen LogP contribution in [-0.2, 0) is 0 Å². The lowest BCUT2D eigenvalue weighted by Gasteiger charge is -2.21. The summed E-state index contributed by atoms with van der Waals surface area (Å²) >= 11 is 0. The highest BCUT2D eigenvalue weighted by molar-refractivity contribution is 5.85. The van der Waals surface area contributed by atoms with E-state index in [4.69, 9.17) is 0 Å². The van der Waals surface area contributed by atoms with E-state index in [2.05, 4.69) is 59.6 Å². The van der Waals surface area contributed by atoms with E-state index < -0.39 is 0 Å². The normalized spacial score (nSPS) is 11.6. The maximum atomic E-state index is 10.3. The summed E-state index contributed by atoms with van der Waals surface area (Å²) in [6.45, 7) is 13.9. The smallest absolute Gasteiger partial charge is 0.126 e. The molecule has 6 heteroatoms. The van der Waals surface area contributed by atoms with Gasteiger partial charge in [0.1, 0.15) is 11.5 Å². The van der Waals surface area contributed by atoms with Gasteiger partial charge in [-0.1, -0.05) is 57.8 Å². The van der Waals surface area contributed by atoms with Crippen LogP contribution in [0.15, 0.2) is 46.4 Å². The van der Waals surface area contributed by atoms with Gasteiger partial charge in [0.2, 0.25) is 0 Å². The highest BCUT2D eigenvalue weighted by Crippen LogP contribution is 2.24. The quantitative estimate of drug-likeness (QED) is 0.111. The Balaban J connectivity index is 1.43. The van der Waals surface area contributed by atoms with E-state index >= 15 is 0 Å². The number of aromatic hydroxyl groups is 2. The average Bonchev–Trinajstić information content (AvgIpc) is 2.97. The van der Waals surface area contributed by atoms with E-state index in [0.29, 0.717) is 11.5 Å². The molecule has 0 saturated heterocycles. The number of hydrogen-bond acceptors (Lipinski definition) is 6. The van der Waals surface area contributed by atoms with Gasteiger partial charge in [-0.3, -0.25) is 9.98 Å². The monoisotopic (exact) mass is 564 g/mol. The molecular formula is C35H56N4O2. The number of nitrogens with zero attached hydrogens (tertiary/aromatic N) is 4. The molecule has 2 aromatic rings. The number of hydrogen-bond donors (Lipinski definition) is 2. The molecule has 0 saturated carbocycles. The van der Waals surface area contributed by atoms with Gasteiger partial charge in [0.25, 0.3) is 0 Å². The topological polar surface area (TPSA) is 71.7 Å². The second-order valence-corrected chi connectivity index (χ2v) is 10.8. The molecule has 2 rings (SSSR count). The molecule has 0 bridgehead atoms. The molecule has 0 aliphatic rings. The van der Waals surface area contributed by atoms with Crippen molar-refractivity contribution in [2.75, 3.05) is 49.1 Å². The predicted molar refractivity (Wildman–Crippen MR) is 179 cm³/mol. The Bertz CT molecular complexity index is 947. The number of unbranched alkanes of at least 4 members (excludes halogenated alkanes) is 10. The second kappa shape index (κ2) is 20.8. The molecule has 0 aromatic heterocycles. The van der Waals surface area contributed by atoms with Gasteiger partial charge in [-0.05, 0) is 64.8 Å². The highest BCUT2D eigenvalue weighted by atomic mass is 16.3. The van der Waals surface area contributed by atoms with Crippen molar-refractivity contribution in [1.82, 2.24) is 0 Å². The van der Waals surface area contributed by atoms with Crippen molar-refractivity contribution in [2.24, 2.45) is 9.98 Å². The molecule has 0 atom stereocenters. The van der Waals surface area contributed by atoms with Crippen LogP contribution in [0.5, 0.6) is 11.5 Å². The third-order valence-electron chi connectivity index (χ3n) is 7.82. The SMILES string of the molecule is CCN(CC)c1ccc(/C=N\CCCCCCCCCCCCC/N=C/c2ccc(N(CC)CC)cc2O)c(O)c1. The van der Waals surface area contributed by atoms with Crippen LogP contribution in [0.4, 0.5) is 11.4 Å². The average molecular weight is 565 g/mol. The first-order valence-corrected chi connectivity index (χ1v) is 16.2. The predicted octanol–water partition coefficient (Wildman–Crippen LogP) is 8.62. The summed E-state index contributed by atoms with van der Waals surface area (Å²) in [6.07, 6.45) is 17.5.